The van der Waals surface area contributed by atoms with Crippen LogP contribution in [0.1, 0.15) is 129 Å². The van der Waals surface area contributed by atoms with Gasteiger partial charge in [-0.25, -0.2) is 0 Å². The summed E-state index contributed by atoms with van der Waals surface area (Å²) in [5, 5.41) is 0. The fourth-order valence-corrected chi connectivity index (χ4v) is 3.28. The Hall–Kier alpha value is -0.790. The summed E-state index contributed by atoms with van der Waals surface area (Å²) in [6, 6.07) is 0. The zero-order valence-corrected chi connectivity index (χ0v) is 17.9. The maximum Gasteiger partial charge on any atom is 0.305 e. The van der Waals surface area contributed by atoms with E-state index in [-0.39, 0.29) is 5.97 Å². The molecule has 2 heteroatoms. The average molecular weight is 367 g/mol. The molecular formula is C24H46O2. The molecule has 0 atom stereocenters. The summed E-state index contributed by atoms with van der Waals surface area (Å²) in [6.07, 6.45) is 27.9. The molecule has 26 heavy (non-hydrogen) atoms. The molecule has 0 heterocycles. The molecule has 0 aromatic heterocycles. The zero-order chi connectivity index (χ0) is 19.1. The number of allylic oxidation sites excluding steroid dienone is 2. The fourth-order valence-electron chi connectivity index (χ4n) is 3.28. The number of carbonyl (C=O) groups is 1. The Labute approximate surface area is 164 Å². The predicted molar refractivity (Wildman–Crippen MR) is 115 cm³/mol. The van der Waals surface area contributed by atoms with Gasteiger partial charge in [0.15, 0.2) is 0 Å². The molecule has 0 aliphatic heterocycles. The topological polar surface area (TPSA) is 26.3 Å². The van der Waals surface area contributed by atoms with Gasteiger partial charge in [0.2, 0.25) is 0 Å². The van der Waals surface area contributed by atoms with Crippen molar-refractivity contribution in [3.63, 3.8) is 0 Å². The second-order valence-electron chi connectivity index (χ2n) is 7.55. The van der Waals surface area contributed by atoms with Gasteiger partial charge in [-0.15, -0.1) is 0 Å². The quantitative estimate of drug-likeness (QED) is 0.123. The number of unbranched alkanes of at least 4 members (excludes halogenated alkanes) is 15. The van der Waals surface area contributed by atoms with Crippen molar-refractivity contribution in [1.29, 1.82) is 0 Å². The van der Waals surface area contributed by atoms with Crippen molar-refractivity contribution in [1.82, 2.24) is 0 Å². The number of ether oxygens (including phenoxy) is 1. The van der Waals surface area contributed by atoms with Crippen molar-refractivity contribution >= 4 is 5.97 Å². The highest BCUT2D eigenvalue weighted by Crippen LogP contribution is 2.12. The number of rotatable bonds is 20. The van der Waals surface area contributed by atoms with Crippen LogP contribution in [0.5, 0.6) is 0 Å². The summed E-state index contributed by atoms with van der Waals surface area (Å²) in [6.45, 7) is 4.65. The lowest BCUT2D eigenvalue weighted by Gasteiger charge is -2.02. The van der Waals surface area contributed by atoms with Crippen molar-refractivity contribution < 1.29 is 9.53 Å². The van der Waals surface area contributed by atoms with Gasteiger partial charge in [0.05, 0.1) is 6.61 Å². The van der Waals surface area contributed by atoms with Crippen LogP contribution in [-0.2, 0) is 9.53 Å². The Balaban J connectivity index is 3.12. The molecule has 154 valence electrons. The summed E-state index contributed by atoms with van der Waals surface area (Å²) in [7, 11) is 0. The molecule has 0 saturated heterocycles. The average Bonchev–Trinajstić information content (AvgIpc) is 2.64. The third-order valence-corrected chi connectivity index (χ3v) is 4.95. The Morgan fingerprint density at radius 2 is 1.04 bits per heavy atom. The molecule has 0 spiro atoms. The maximum atomic E-state index is 11.2. The molecule has 0 bridgehead atoms. The molecule has 0 fully saturated rings. The lowest BCUT2D eigenvalue weighted by atomic mass is 10.1. The zero-order valence-electron chi connectivity index (χ0n) is 17.9. The first-order chi connectivity index (χ1) is 12.8. The molecule has 0 saturated carbocycles. The van der Waals surface area contributed by atoms with Gasteiger partial charge in [-0.3, -0.25) is 4.79 Å². The number of carbonyl (C=O) groups excluding carboxylic acids is 1. The molecular weight excluding hydrogens is 320 g/mol. The molecule has 0 aromatic carbocycles. The second-order valence-corrected chi connectivity index (χ2v) is 7.55. The lowest BCUT2D eigenvalue weighted by molar-refractivity contribution is -0.143. The maximum absolute atomic E-state index is 11.2. The standard InChI is InChI=1S/C24H46O2/c1-3-5-6-7-8-9-10-11-12-13-14-15-16-17-18-19-20-21-22-23-24(25)26-4-2/h15-16H,3-14,17-23H2,1-2H3/b16-15+. The van der Waals surface area contributed by atoms with Crippen LogP contribution < -0.4 is 0 Å². The number of esters is 1. The van der Waals surface area contributed by atoms with Crippen LogP contribution in [0.15, 0.2) is 12.2 Å². The summed E-state index contributed by atoms with van der Waals surface area (Å²) in [5.74, 6) is -0.0394. The van der Waals surface area contributed by atoms with Crippen molar-refractivity contribution in [3.05, 3.63) is 12.2 Å². The SMILES string of the molecule is CCCCCCCCCCCC/C=C/CCCCCCCC(=O)OCC. The highest BCUT2D eigenvalue weighted by atomic mass is 16.5. The number of hydrogen-bond donors (Lipinski definition) is 0. The van der Waals surface area contributed by atoms with Crippen molar-refractivity contribution in [2.75, 3.05) is 6.61 Å². The van der Waals surface area contributed by atoms with Gasteiger partial charge in [-0.2, -0.15) is 0 Å². The first-order valence-electron chi connectivity index (χ1n) is 11.6. The van der Waals surface area contributed by atoms with E-state index in [1.807, 2.05) is 6.92 Å². The van der Waals surface area contributed by atoms with Gasteiger partial charge in [0, 0.05) is 6.42 Å². The van der Waals surface area contributed by atoms with Crippen LogP contribution in [0.2, 0.25) is 0 Å². The van der Waals surface area contributed by atoms with Crippen LogP contribution in [0.25, 0.3) is 0 Å². The van der Waals surface area contributed by atoms with E-state index in [1.165, 1.54) is 96.3 Å². The molecule has 0 N–H and O–H groups in total. The third-order valence-electron chi connectivity index (χ3n) is 4.95. The Morgan fingerprint density at radius 1 is 0.615 bits per heavy atom. The van der Waals surface area contributed by atoms with Crippen molar-refractivity contribution in [3.8, 4) is 0 Å². The van der Waals surface area contributed by atoms with Crippen molar-refractivity contribution in [2.45, 2.75) is 129 Å². The smallest absolute Gasteiger partial charge is 0.305 e. The molecule has 0 amide bonds. The van der Waals surface area contributed by atoms with Crippen LogP contribution in [-0.4, -0.2) is 12.6 Å². The fraction of sp³-hybridized carbons (Fsp3) is 0.875. The minimum atomic E-state index is -0.0394. The van der Waals surface area contributed by atoms with Gasteiger partial charge in [0.1, 0.15) is 0 Å². The Morgan fingerprint density at radius 3 is 1.50 bits per heavy atom. The van der Waals surface area contributed by atoms with E-state index in [0.29, 0.717) is 13.0 Å². The van der Waals surface area contributed by atoms with E-state index < -0.39 is 0 Å². The number of hydrogen-bond acceptors (Lipinski definition) is 2. The molecule has 0 rings (SSSR count). The Kier molecular flexibility index (Phi) is 21.6. The van der Waals surface area contributed by atoms with E-state index in [0.717, 1.165) is 12.8 Å². The van der Waals surface area contributed by atoms with E-state index in [2.05, 4.69) is 19.1 Å². The first-order valence-corrected chi connectivity index (χ1v) is 11.6. The van der Waals surface area contributed by atoms with Crippen LogP contribution >= 0.6 is 0 Å². The second kappa shape index (κ2) is 22.3. The third kappa shape index (κ3) is 21.3. The van der Waals surface area contributed by atoms with E-state index >= 15 is 0 Å². The van der Waals surface area contributed by atoms with Crippen LogP contribution in [0, 0.1) is 0 Å². The summed E-state index contributed by atoms with van der Waals surface area (Å²) in [5.41, 5.74) is 0. The van der Waals surface area contributed by atoms with Gasteiger partial charge >= 0.3 is 5.97 Å². The normalized spacial score (nSPS) is 11.3. The van der Waals surface area contributed by atoms with Gasteiger partial charge in [-0.1, -0.05) is 96.1 Å². The summed E-state index contributed by atoms with van der Waals surface area (Å²) >= 11 is 0. The molecule has 0 unspecified atom stereocenters. The van der Waals surface area contributed by atoms with E-state index in [1.54, 1.807) is 0 Å². The van der Waals surface area contributed by atoms with E-state index in [9.17, 15) is 4.79 Å². The van der Waals surface area contributed by atoms with Gasteiger partial charge in [-0.05, 0) is 39.0 Å². The summed E-state index contributed by atoms with van der Waals surface area (Å²) < 4.78 is 4.93. The largest absolute Gasteiger partial charge is 0.466 e. The minimum Gasteiger partial charge on any atom is -0.466 e. The lowest BCUT2D eigenvalue weighted by Crippen LogP contribution is -2.03. The van der Waals surface area contributed by atoms with Gasteiger partial charge < -0.3 is 4.74 Å². The minimum absolute atomic E-state index is 0.0394. The highest BCUT2D eigenvalue weighted by Gasteiger charge is 2.00. The Bertz CT molecular complexity index is 309. The molecule has 0 radical (unpaired) electrons. The first kappa shape index (κ1) is 25.2. The summed E-state index contributed by atoms with van der Waals surface area (Å²) in [4.78, 5) is 11.2. The van der Waals surface area contributed by atoms with E-state index in [4.69, 9.17) is 4.74 Å². The van der Waals surface area contributed by atoms with Crippen LogP contribution in [0.4, 0.5) is 0 Å². The highest BCUT2D eigenvalue weighted by molar-refractivity contribution is 5.69. The van der Waals surface area contributed by atoms with Gasteiger partial charge in [0.25, 0.3) is 0 Å². The van der Waals surface area contributed by atoms with Crippen molar-refractivity contribution in [2.24, 2.45) is 0 Å². The molecule has 0 aromatic rings. The molecule has 2 nitrogen and oxygen atoms in total. The van der Waals surface area contributed by atoms with Crippen LogP contribution in [0.3, 0.4) is 0 Å². The predicted octanol–water partition coefficient (Wildman–Crippen LogP) is 8.15. The molecule has 0 aliphatic carbocycles. The monoisotopic (exact) mass is 366 g/mol. The molecule has 0 aliphatic rings.